The summed E-state index contributed by atoms with van der Waals surface area (Å²) < 4.78 is 3.54. The maximum atomic E-state index is 8.63. The minimum absolute atomic E-state index is 0.159. The molecule has 5 aromatic rings. The fraction of sp³-hybridized carbons (Fsp3) is 0.0476. The smallest absolute Gasteiger partial charge is 0.221 e. The van der Waals surface area contributed by atoms with Gasteiger partial charge in [-0.1, -0.05) is 29.8 Å². The number of benzene rings is 2. The third kappa shape index (κ3) is 2.75. The molecule has 8 heteroatoms. The number of pyridine rings is 1. The highest BCUT2D eigenvalue weighted by Crippen LogP contribution is 2.30. The average Bonchev–Trinajstić information content (AvgIpc) is 2.99. The zero-order chi connectivity index (χ0) is 20.1. The second-order valence-electron chi connectivity index (χ2n) is 6.72. The molecule has 7 nitrogen and oxygen atoms in total. The molecule has 0 atom stereocenters. The van der Waals surface area contributed by atoms with Gasteiger partial charge in [0.2, 0.25) is 11.6 Å². The Morgan fingerprint density at radius 1 is 1.00 bits per heavy atom. The number of rotatable bonds is 2. The number of nitrogens with zero attached hydrogens (tertiary/aromatic N) is 5. The normalized spacial score (nSPS) is 11.4. The Morgan fingerprint density at radius 3 is 2.52 bits per heavy atom. The number of imidazole rings is 1. The van der Waals surface area contributed by atoms with Crippen molar-refractivity contribution in [3.8, 4) is 16.9 Å². The Morgan fingerprint density at radius 2 is 1.76 bits per heavy atom. The van der Waals surface area contributed by atoms with Gasteiger partial charge in [-0.3, -0.25) is 15.0 Å². The quantitative estimate of drug-likeness (QED) is 0.471. The third-order valence-corrected chi connectivity index (χ3v) is 5.25. The molecule has 5 rings (SSSR count). The van der Waals surface area contributed by atoms with Crippen molar-refractivity contribution in [1.29, 1.82) is 5.41 Å². The van der Waals surface area contributed by atoms with Crippen LogP contribution in [0.15, 0.2) is 60.9 Å². The zero-order valence-electron chi connectivity index (χ0n) is 15.5. The summed E-state index contributed by atoms with van der Waals surface area (Å²) >= 11 is 6.03. The first kappa shape index (κ1) is 17.4. The predicted molar refractivity (Wildman–Crippen MR) is 114 cm³/mol. The van der Waals surface area contributed by atoms with Crippen LogP contribution in [0.25, 0.3) is 38.9 Å². The molecule has 0 spiro atoms. The zero-order valence-corrected chi connectivity index (χ0v) is 16.2. The minimum Gasteiger partial charge on any atom is -0.368 e. The lowest BCUT2D eigenvalue weighted by molar-refractivity contribution is 0.777. The molecule has 3 aromatic heterocycles. The van der Waals surface area contributed by atoms with E-state index in [-0.39, 0.29) is 11.6 Å². The van der Waals surface area contributed by atoms with Gasteiger partial charge in [-0.25, -0.2) is 4.98 Å². The van der Waals surface area contributed by atoms with E-state index in [1.165, 1.54) is 0 Å². The summed E-state index contributed by atoms with van der Waals surface area (Å²) in [5.41, 5.74) is 10.6. The number of hydrogen-bond donors (Lipinski definition) is 2. The molecule has 0 unspecified atom stereocenters. The molecular formula is C21H16ClN7. The number of aromatic nitrogens is 5. The van der Waals surface area contributed by atoms with E-state index >= 15 is 0 Å². The lowest BCUT2D eigenvalue weighted by Crippen LogP contribution is -2.22. The van der Waals surface area contributed by atoms with E-state index in [0.717, 1.165) is 33.1 Å². The summed E-state index contributed by atoms with van der Waals surface area (Å²) in [6, 6.07) is 15.5. The Hall–Kier alpha value is -3.71. The van der Waals surface area contributed by atoms with Crippen LogP contribution in [0.3, 0.4) is 0 Å². The van der Waals surface area contributed by atoms with E-state index in [0.29, 0.717) is 10.8 Å². The van der Waals surface area contributed by atoms with Crippen LogP contribution in [-0.2, 0) is 7.05 Å². The van der Waals surface area contributed by atoms with Crippen LogP contribution in [-0.4, -0.2) is 24.1 Å². The summed E-state index contributed by atoms with van der Waals surface area (Å²) in [4.78, 5) is 12.9. The number of aryl methyl sites for hydroxylation is 1. The van der Waals surface area contributed by atoms with Crippen molar-refractivity contribution in [2.75, 3.05) is 5.73 Å². The van der Waals surface area contributed by atoms with Crippen LogP contribution in [0.5, 0.6) is 0 Å². The molecule has 2 aromatic carbocycles. The Labute approximate surface area is 170 Å². The summed E-state index contributed by atoms with van der Waals surface area (Å²) in [6.45, 7) is 0. The van der Waals surface area contributed by atoms with Gasteiger partial charge in [0.15, 0.2) is 0 Å². The van der Waals surface area contributed by atoms with Gasteiger partial charge in [-0.2, -0.15) is 4.98 Å². The third-order valence-electron chi connectivity index (χ3n) is 5.00. The van der Waals surface area contributed by atoms with E-state index in [2.05, 4.69) is 21.0 Å². The standard InChI is InChI=1S/C21H16ClN7/c1-28-17-11-26-16-7-4-13(12-2-5-14(22)6-3-12)10-15(16)19(17)29(21(28)24)18-8-9-25-20(23)27-18/h2-11,24H,1H3,(H2,23,25,27). The molecule has 0 aliphatic carbocycles. The van der Waals surface area contributed by atoms with Crippen LogP contribution in [0.1, 0.15) is 0 Å². The lowest BCUT2D eigenvalue weighted by Gasteiger charge is -2.08. The maximum absolute atomic E-state index is 8.63. The number of nitrogen functional groups attached to an aromatic ring is 1. The predicted octanol–water partition coefficient (Wildman–Crippen LogP) is 3.69. The van der Waals surface area contributed by atoms with Gasteiger partial charge in [-0.15, -0.1) is 0 Å². The molecule has 0 saturated heterocycles. The largest absolute Gasteiger partial charge is 0.368 e. The molecule has 0 saturated carbocycles. The maximum Gasteiger partial charge on any atom is 0.221 e. The first-order chi connectivity index (χ1) is 14.0. The molecule has 0 fully saturated rings. The van der Waals surface area contributed by atoms with Gasteiger partial charge >= 0.3 is 0 Å². The second-order valence-corrected chi connectivity index (χ2v) is 7.16. The van der Waals surface area contributed by atoms with Gasteiger partial charge in [0.1, 0.15) is 5.82 Å². The van der Waals surface area contributed by atoms with Gasteiger partial charge in [-0.05, 0) is 35.4 Å². The van der Waals surface area contributed by atoms with Crippen LogP contribution in [0, 0.1) is 5.41 Å². The number of halogens is 1. The fourth-order valence-corrected chi connectivity index (χ4v) is 3.68. The average molecular weight is 402 g/mol. The molecule has 0 amide bonds. The number of nitrogens with one attached hydrogen (secondary N) is 1. The molecule has 29 heavy (non-hydrogen) atoms. The number of fused-ring (bicyclic) bond motifs is 3. The van der Waals surface area contributed by atoms with Gasteiger partial charge < -0.3 is 10.3 Å². The molecule has 0 bridgehead atoms. The van der Waals surface area contributed by atoms with Crippen molar-refractivity contribution in [1.82, 2.24) is 24.1 Å². The fourth-order valence-electron chi connectivity index (χ4n) is 3.55. The Bertz CT molecular complexity index is 1450. The van der Waals surface area contributed by atoms with Gasteiger partial charge in [0.25, 0.3) is 0 Å². The van der Waals surface area contributed by atoms with Crippen LogP contribution in [0.2, 0.25) is 5.02 Å². The second kappa shape index (κ2) is 6.42. The van der Waals surface area contributed by atoms with E-state index in [1.54, 1.807) is 27.6 Å². The van der Waals surface area contributed by atoms with Crippen molar-refractivity contribution >= 4 is 39.5 Å². The van der Waals surface area contributed by atoms with E-state index in [4.69, 9.17) is 22.7 Å². The van der Waals surface area contributed by atoms with Gasteiger partial charge in [0, 0.05) is 29.7 Å². The van der Waals surface area contributed by atoms with Crippen LogP contribution in [0.4, 0.5) is 5.95 Å². The van der Waals surface area contributed by atoms with Gasteiger partial charge in [0.05, 0.1) is 22.7 Å². The highest BCUT2D eigenvalue weighted by molar-refractivity contribution is 6.30. The van der Waals surface area contributed by atoms with E-state index in [9.17, 15) is 0 Å². The molecule has 0 radical (unpaired) electrons. The highest BCUT2D eigenvalue weighted by atomic mass is 35.5. The molecule has 142 valence electrons. The first-order valence-electron chi connectivity index (χ1n) is 8.92. The Kier molecular flexibility index (Phi) is 3.85. The summed E-state index contributed by atoms with van der Waals surface area (Å²) in [5, 5.41) is 10.2. The summed E-state index contributed by atoms with van der Waals surface area (Å²) in [7, 11) is 1.84. The SMILES string of the molecule is Cn1c(=N)n(-c2ccnc(N)n2)c2c3cc(-c4ccc(Cl)cc4)ccc3ncc21. The van der Waals surface area contributed by atoms with Crippen molar-refractivity contribution in [3.63, 3.8) is 0 Å². The number of nitrogens with two attached hydrogens (primary N) is 1. The van der Waals surface area contributed by atoms with Crippen LogP contribution >= 0.6 is 11.6 Å². The summed E-state index contributed by atoms with van der Waals surface area (Å²) in [5.74, 6) is 0.698. The lowest BCUT2D eigenvalue weighted by atomic mass is 10.0. The molecule has 3 heterocycles. The summed E-state index contributed by atoms with van der Waals surface area (Å²) in [6.07, 6.45) is 3.37. The van der Waals surface area contributed by atoms with Crippen molar-refractivity contribution in [2.24, 2.45) is 7.05 Å². The van der Waals surface area contributed by atoms with Crippen molar-refractivity contribution in [3.05, 3.63) is 71.6 Å². The van der Waals surface area contributed by atoms with Crippen molar-refractivity contribution < 1.29 is 0 Å². The molecule has 3 N–H and O–H groups in total. The number of hydrogen-bond acceptors (Lipinski definition) is 5. The highest BCUT2D eigenvalue weighted by Gasteiger charge is 2.16. The minimum atomic E-state index is 0.159. The van der Waals surface area contributed by atoms with Crippen LogP contribution < -0.4 is 11.4 Å². The monoisotopic (exact) mass is 401 g/mol. The van der Waals surface area contributed by atoms with E-state index < -0.39 is 0 Å². The van der Waals surface area contributed by atoms with Crippen molar-refractivity contribution in [2.45, 2.75) is 0 Å². The van der Waals surface area contributed by atoms with E-state index in [1.807, 2.05) is 43.4 Å². The molecule has 0 aliphatic rings. The Balaban J connectivity index is 1.88. The number of anilines is 1. The topological polar surface area (TPSA) is 98.4 Å². The molecular weight excluding hydrogens is 386 g/mol. The molecule has 0 aliphatic heterocycles. The first-order valence-corrected chi connectivity index (χ1v) is 9.30.